The Kier molecular flexibility index (Phi) is 2.58. The van der Waals surface area contributed by atoms with Gasteiger partial charge in [-0.2, -0.15) is 0 Å². The molecule has 40 valence electrons. The summed E-state index contributed by atoms with van der Waals surface area (Å²) in [4.78, 5) is 9.73. The normalized spacial score (nSPS) is 9.29. The van der Waals surface area contributed by atoms with E-state index < -0.39 is 6.09 Å². The summed E-state index contributed by atoms with van der Waals surface area (Å²) < 4.78 is 3.89. The highest BCUT2D eigenvalue weighted by Gasteiger charge is 1.87. The van der Waals surface area contributed by atoms with E-state index in [-0.39, 0.29) is 0 Å². The smallest absolute Gasteiger partial charge is 0.451 e. The molecule has 7 heavy (non-hydrogen) atoms. The number of hydrogen-bond acceptors (Lipinski definition) is 4. The largest absolute Gasteiger partial charge is 0.775 e. The predicted octanol–water partition coefficient (Wildman–Crippen LogP) is 0.703. The number of hydrogen-bond donors (Lipinski definition) is 0. The first kappa shape index (κ1) is 5.87. The summed E-state index contributed by atoms with van der Waals surface area (Å²) in [5.74, 6) is 0. The van der Waals surface area contributed by atoms with Crippen LogP contribution in [0.1, 0.15) is 0 Å². The second kappa shape index (κ2) is 3.08. The Morgan fingerprint density at radius 3 is 2.57 bits per heavy atom. The molecule has 5 nitrogen and oxygen atoms in total. The van der Waals surface area contributed by atoms with Gasteiger partial charge in [-0.05, 0) is 0 Å². The van der Waals surface area contributed by atoms with Gasteiger partial charge in [-0.3, -0.25) is 0 Å². The summed E-state index contributed by atoms with van der Waals surface area (Å²) in [5.41, 5.74) is 0. The number of ether oxygens (including phenoxy) is 1. The van der Waals surface area contributed by atoms with Crippen LogP contribution in [-0.4, -0.2) is 13.2 Å². The molecule has 0 atom stereocenters. The third kappa shape index (κ3) is 2.68. The first-order chi connectivity index (χ1) is 3.31. The lowest BCUT2D eigenvalue weighted by atomic mass is 11.2. The van der Waals surface area contributed by atoms with Crippen LogP contribution < -0.4 is 0 Å². The van der Waals surface area contributed by atoms with Gasteiger partial charge in [-0.25, -0.2) is 10.1 Å². The Morgan fingerprint density at radius 2 is 2.43 bits per heavy atom. The quantitative estimate of drug-likeness (QED) is 0.334. The van der Waals surface area contributed by atoms with Gasteiger partial charge in [0.1, 0.15) is 0 Å². The van der Waals surface area contributed by atoms with E-state index in [0.29, 0.717) is 0 Å². The van der Waals surface area contributed by atoms with Crippen molar-refractivity contribution in [2.24, 2.45) is 10.4 Å². The van der Waals surface area contributed by atoms with Crippen LogP contribution in [0.5, 0.6) is 0 Å². The van der Waals surface area contributed by atoms with Crippen molar-refractivity contribution >= 4 is 6.09 Å². The molecule has 0 aliphatic rings. The number of amides is 1. The van der Waals surface area contributed by atoms with Gasteiger partial charge in [0.25, 0.3) is 0 Å². The first-order valence-electron chi connectivity index (χ1n) is 1.42. The van der Waals surface area contributed by atoms with Gasteiger partial charge < -0.3 is 9.94 Å². The zero-order valence-corrected chi connectivity index (χ0v) is 3.62. The topological polar surface area (TPSA) is 74.1 Å². The van der Waals surface area contributed by atoms with E-state index in [4.69, 9.17) is 5.21 Å². The van der Waals surface area contributed by atoms with Gasteiger partial charge in [0.2, 0.25) is 0 Å². The van der Waals surface area contributed by atoms with Crippen LogP contribution in [0.3, 0.4) is 0 Å². The standard InChI is InChI=1S/C2H4N2O3/c1-7-2(5)3-4-6/h1H3,(H,3,5,6)/p-1. The summed E-state index contributed by atoms with van der Waals surface area (Å²) in [6, 6.07) is 0. The maximum Gasteiger partial charge on any atom is 0.451 e. The molecule has 5 heteroatoms. The Balaban J connectivity index is 3.37. The molecule has 0 spiro atoms. The molecule has 0 aromatic rings. The Hall–Kier alpha value is -1.13. The fraction of sp³-hybridized carbons (Fsp3) is 0.500. The molecular weight excluding hydrogens is 100 g/mol. The highest BCUT2D eigenvalue weighted by molar-refractivity contribution is 5.67. The van der Waals surface area contributed by atoms with Gasteiger partial charge >= 0.3 is 6.09 Å². The van der Waals surface area contributed by atoms with Gasteiger partial charge in [0.05, 0.1) is 7.11 Å². The number of carbonyl (C=O) groups excluding carboxylic acids is 1. The van der Waals surface area contributed by atoms with Gasteiger partial charge in [0, 0.05) is 0 Å². The second-order valence-corrected chi connectivity index (χ2v) is 0.652. The lowest BCUT2D eigenvalue weighted by Gasteiger charge is -1.86. The fourth-order valence-electron chi connectivity index (χ4n) is 0.0742. The van der Waals surface area contributed by atoms with E-state index in [1.807, 2.05) is 5.28 Å². The monoisotopic (exact) mass is 103 g/mol. The van der Waals surface area contributed by atoms with Crippen LogP contribution in [0.4, 0.5) is 4.79 Å². The third-order valence-corrected chi connectivity index (χ3v) is 0.297. The molecule has 0 aliphatic carbocycles. The summed E-state index contributed by atoms with van der Waals surface area (Å²) in [6.07, 6.45) is -0.977. The third-order valence-electron chi connectivity index (χ3n) is 0.297. The molecule has 0 aromatic carbocycles. The molecule has 0 fully saturated rings. The van der Waals surface area contributed by atoms with E-state index >= 15 is 0 Å². The van der Waals surface area contributed by atoms with Crippen molar-refractivity contribution in [3.8, 4) is 0 Å². The average molecular weight is 103 g/mol. The van der Waals surface area contributed by atoms with Gasteiger partial charge in [0.15, 0.2) is 0 Å². The van der Waals surface area contributed by atoms with Gasteiger partial charge in [-0.15, -0.1) is 0 Å². The molecular formula is C2H3N2O3-. The van der Waals surface area contributed by atoms with Crippen molar-refractivity contribution in [1.82, 2.24) is 0 Å². The fourth-order valence-corrected chi connectivity index (χ4v) is 0.0742. The van der Waals surface area contributed by atoms with Crippen molar-refractivity contribution in [2.75, 3.05) is 7.11 Å². The minimum atomic E-state index is -0.977. The molecule has 0 saturated heterocycles. The molecule has 0 N–H and O–H groups in total. The maximum atomic E-state index is 9.73. The Labute approximate surface area is 39.6 Å². The lowest BCUT2D eigenvalue weighted by Crippen LogP contribution is -1.88. The SMILES string of the molecule is COC(=O)/N=N/[O-]. The van der Waals surface area contributed by atoms with Crippen molar-refractivity contribution in [1.29, 1.82) is 0 Å². The van der Waals surface area contributed by atoms with Crippen LogP contribution >= 0.6 is 0 Å². The van der Waals surface area contributed by atoms with Crippen LogP contribution in [0.2, 0.25) is 0 Å². The van der Waals surface area contributed by atoms with E-state index in [1.165, 1.54) is 0 Å². The molecule has 0 aliphatic heterocycles. The van der Waals surface area contributed by atoms with Crippen molar-refractivity contribution < 1.29 is 9.53 Å². The van der Waals surface area contributed by atoms with E-state index in [2.05, 4.69) is 9.85 Å². The molecule has 0 radical (unpaired) electrons. The summed E-state index contributed by atoms with van der Waals surface area (Å²) >= 11 is 0. The maximum absolute atomic E-state index is 9.73. The number of methoxy groups -OCH3 is 1. The Morgan fingerprint density at radius 1 is 1.86 bits per heavy atom. The zero-order valence-electron chi connectivity index (χ0n) is 3.62. The summed E-state index contributed by atoms with van der Waals surface area (Å²) in [7, 11) is 1.11. The molecule has 0 saturated carbocycles. The van der Waals surface area contributed by atoms with Crippen molar-refractivity contribution in [3.05, 3.63) is 5.21 Å². The number of rotatable bonds is 0. The predicted molar refractivity (Wildman–Crippen MR) is 20.6 cm³/mol. The van der Waals surface area contributed by atoms with Crippen LogP contribution in [0.15, 0.2) is 10.4 Å². The first-order valence-corrected chi connectivity index (χ1v) is 1.42. The average Bonchev–Trinajstić information content (AvgIpc) is 1.68. The summed E-state index contributed by atoms with van der Waals surface area (Å²) in [5, 5.41) is 13.4. The van der Waals surface area contributed by atoms with Crippen molar-refractivity contribution in [3.63, 3.8) is 0 Å². The van der Waals surface area contributed by atoms with E-state index in [1.54, 1.807) is 0 Å². The zero-order chi connectivity index (χ0) is 5.70. The van der Waals surface area contributed by atoms with Crippen LogP contribution in [-0.2, 0) is 4.74 Å². The van der Waals surface area contributed by atoms with Crippen molar-refractivity contribution in [2.45, 2.75) is 0 Å². The Bertz CT molecular complexity index is 88.9. The van der Waals surface area contributed by atoms with Crippen LogP contribution in [0, 0.1) is 5.21 Å². The minimum absolute atomic E-state index is 0.977. The highest BCUT2D eigenvalue weighted by Crippen LogP contribution is 1.78. The lowest BCUT2D eigenvalue weighted by molar-refractivity contribution is 0.181. The molecule has 0 aromatic heterocycles. The second-order valence-electron chi connectivity index (χ2n) is 0.652. The number of nitrogens with zero attached hydrogens (tertiary/aromatic N) is 2. The summed E-state index contributed by atoms with van der Waals surface area (Å²) in [6.45, 7) is 0. The molecule has 1 amide bonds. The minimum Gasteiger partial charge on any atom is -0.775 e. The molecule has 0 rings (SSSR count). The number of carbonyl (C=O) groups is 1. The molecule has 0 heterocycles. The highest BCUT2D eigenvalue weighted by atomic mass is 16.5. The van der Waals surface area contributed by atoms with Crippen LogP contribution in [0.25, 0.3) is 0 Å². The van der Waals surface area contributed by atoms with Gasteiger partial charge in [-0.1, -0.05) is 5.11 Å². The molecule has 0 bridgehead atoms. The molecule has 0 unspecified atom stereocenters. The van der Waals surface area contributed by atoms with E-state index in [9.17, 15) is 4.79 Å². The van der Waals surface area contributed by atoms with E-state index in [0.717, 1.165) is 7.11 Å².